The van der Waals surface area contributed by atoms with E-state index in [9.17, 15) is 0 Å². The van der Waals surface area contributed by atoms with Crippen LogP contribution in [-0.2, 0) is 0 Å². The van der Waals surface area contributed by atoms with Crippen LogP contribution in [0.5, 0.6) is 0 Å². The molecule has 2 aliphatic rings. The Kier molecular flexibility index (Phi) is 5.25. The van der Waals surface area contributed by atoms with Gasteiger partial charge in [-0.2, -0.15) is 0 Å². The first-order valence-electron chi connectivity index (χ1n) is 10.4. The quantitative estimate of drug-likeness (QED) is 0.655. The van der Waals surface area contributed by atoms with Gasteiger partial charge < -0.3 is 4.90 Å². The number of hydrogen-bond donors (Lipinski definition) is 0. The normalized spacial score (nSPS) is 23.0. The topological polar surface area (TPSA) is 3.24 Å². The third kappa shape index (κ3) is 3.33. The second kappa shape index (κ2) is 7.19. The van der Waals surface area contributed by atoms with E-state index < -0.39 is 0 Å². The summed E-state index contributed by atoms with van der Waals surface area (Å²) < 4.78 is 0. The molecule has 0 amide bonds. The summed E-state index contributed by atoms with van der Waals surface area (Å²) >= 11 is 0. The van der Waals surface area contributed by atoms with Gasteiger partial charge in [-0.3, -0.25) is 0 Å². The van der Waals surface area contributed by atoms with Crippen LogP contribution in [0.3, 0.4) is 0 Å². The summed E-state index contributed by atoms with van der Waals surface area (Å²) in [5, 5.41) is 2.74. The highest BCUT2D eigenvalue weighted by Gasteiger charge is 2.42. The van der Waals surface area contributed by atoms with Gasteiger partial charge in [0.1, 0.15) is 0 Å². The van der Waals surface area contributed by atoms with E-state index in [1.807, 2.05) is 0 Å². The van der Waals surface area contributed by atoms with E-state index in [4.69, 9.17) is 0 Å². The van der Waals surface area contributed by atoms with Crippen molar-refractivity contribution in [2.45, 2.75) is 66.8 Å². The van der Waals surface area contributed by atoms with Gasteiger partial charge in [-0.05, 0) is 54.5 Å². The fourth-order valence-corrected chi connectivity index (χ4v) is 4.69. The zero-order valence-corrected chi connectivity index (χ0v) is 18.2. The molecule has 1 aromatic rings. The molecule has 0 aromatic heterocycles. The first-order chi connectivity index (χ1) is 12.7. The molecule has 3 rings (SSSR count). The van der Waals surface area contributed by atoms with Gasteiger partial charge in [-0.25, -0.2) is 0 Å². The minimum atomic E-state index is 0.103. The highest BCUT2D eigenvalue weighted by atomic mass is 15.2. The average molecular weight is 362 g/mol. The predicted octanol–water partition coefficient (Wildman–Crippen LogP) is 5.33. The first kappa shape index (κ1) is 19.7. The number of hydrogen-bond acceptors (Lipinski definition) is 1. The van der Waals surface area contributed by atoms with Crippen molar-refractivity contribution in [1.29, 1.82) is 0 Å². The van der Waals surface area contributed by atoms with Crippen LogP contribution in [0.1, 0.15) is 61.3 Å². The maximum atomic E-state index is 2.64. The SMILES string of the molecule is C/C=C(\C=C/C1=C(C)C(C)(CCC)N2CC=c3ccccc3=C12)C(C)(C)C. The van der Waals surface area contributed by atoms with E-state index in [0.29, 0.717) is 0 Å². The maximum Gasteiger partial charge on any atom is 0.0596 e. The van der Waals surface area contributed by atoms with Crippen molar-refractivity contribution in [2.24, 2.45) is 5.41 Å². The standard InChI is InChI=1S/C26H35N/c1-8-17-26(7)19(3)22(15-14-21(9-2)25(4,5)6)24-23-13-11-10-12-20(23)16-18-27(24)26/h9-16H,8,17-18H2,1-7H3/b15-14-,21-9+. The summed E-state index contributed by atoms with van der Waals surface area (Å²) in [6.07, 6.45) is 11.7. The van der Waals surface area contributed by atoms with Crippen LogP contribution in [0.4, 0.5) is 0 Å². The molecule has 0 aliphatic carbocycles. The fourth-order valence-electron chi connectivity index (χ4n) is 4.69. The van der Waals surface area contributed by atoms with Crippen molar-refractivity contribution in [3.05, 3.63) is 69.7 Å². The van der Waals surface area contributed by atoms with E-state index >= 15 is 0 Å². The molecular weight excluding hydrogens is 326 g/mol. The Balaban J connectivity index is 2.23. The van der Waals surface area contributed by atoms with Crippen LogP contribution in [0.25, 0.3) is 11.8 Å². The molecule has 1 aromatic carbocycles. The number of nitrogens with zero attached hydrogens (tertiary/aromatic N) is 1. The van der Waals surface area contributed by atoms with Crippen LogP contribution in [0, 0.1) is 5.41 Å². The zero-order valence-electron chi connectivity index (χ0n) is 18.2. The largest absolute Gasteiger partial charge is 0.358 e. The zero-order chi connectivity index (χ0) is 19.8. The van der Waals surface area contributed by atoms with E-state index in [1.165, 1.54) is 45.7 Å². The van der Waals surface area contributed by atoms with Crippen molar-refractivity contribution in [1.82, 2.24) is 4.90 Å². The Bertz CT molecular complexity index is 933. The summed E-state index contributed by atoms with van der Waals surface area (Å²) in [5.74, 6) is 0. The number of benzene rings is 1. The lowest BCUT2D eigenvalue weighted by Gasteiger charge is -2.40. The van der Waals surface area contributed by atoms with Crippen LogP contribution < -0.4 is 10.4 Å². The highest BCUT2D eigenvalue weighted by Crippen LogP contribution is 2.45. The minimum Gasteiger partial charge on any atom is -0.358 e. The summed E-state index contributed by atoms with van der Waals surface area (Å²) in [6.45, 7) is 17.1. The van der Waals surface area contributed by atoms with Gasteiger partial charge in [0.2, 0.25) is 0 Å². The Morgan fingerprint density at radius 1 is 1.22 bits per heavy atom. The lowest BCUT2D eigenvalue weighted by atomic mass is 9.85. The average Bonchev–Trinajstić information content (AvgIpc) is 2.83. The van der Waals surface area contributed by atoms with E-state index in [2.05, 4.69) is 102 Å². The van der Waals surface area contributed by atoms with Crippen LogP contribution >= 0.6 is 0 Å². The lowest BCUT2D eigenvalue weighted by Crippen LogP contribution is -2.47. The second-order valence-corrected chi connectivity index (χ2v) is 9.14. The van der Waals surface area contributed by atoms with Crippen molar-refractivity contribution in [2.75, 3.05) is 6.54 Å². The smallest absolute Gasteiger partial charge is 0.0596 e. The first-order valence-corrected chi connectivity index (χ1v) is 10.4. The van der Waals surface area contributed by atoms with Gasteiger partial charge in [0.05, 0.1) is 11.2 Å². The molecule has 0 radical (unpaired) electrons. The highest BCUT2D eigenvalue weighted by molar-refractivity contribution is 5.77. The predicted molar refractivity (Wildman–Crippen MR) is 119 cm³/mol. The Hall–Kier alpha value is -2.02. The number of allylic oxidation sites excluding steroid dienone is 3. The molecule has 2 aliphatic heterocycles. The summed E-state index contributed by atoms with van der Waals surface area (Å²) in [7, 11) is 0. The Labute approximate surface area is 165 Å². The molecular formula is C26H35N. The van der Waals surface area contributed by atoms with Crippen molar-refractivity contribution in [3.63, 3.8) is 0 Å². The second-order valence-electron chi connectivity index (χ2n) is 9.14. The van der Waals surface area contributed by atoms with Gasteiger partial charge in [-0.1, -0.05) is 82.7 Å². The molecule has 1 atom stereocenters. The van der Waals surface area contributed by atoms with E-state index in [-0.39, 0.29) is 11.0 Å². The van der Waals surface area contributed by atoms with Crippen molar-refractivity contribution < 1.29 is 0 Å². The molecule has 0 N–H and O–H groups in total. The van der Waals surface area contributed by atoms with Gasteiger partial charge in [0, 0.05) is 11.8 Å². The van der Waals surface area contributed by atoms with Crippen LogP contribution in [0.2, 0.25) is 0 Å². The monoisotopic (exact) mass is 361 g/mol. The molecule has 144 valence electrons. The molecule has 2 heterocycles. The maximum absolute atomic E-state index is 2.64. The molecule has 0 saturated carbocycles. The molecule has 0 fully saturated rings. The van der Waals surface area contributed by atoms with Crippen LogP contribution in [0.15, 0.2) is 59.2 Å². The lowest BCUT2D eigenvalue weighted by molar-refractivity contribution is 0.239. The molecule has 0 bridgehead atoms. The van der Waals surface area contributed by atoms with E-state index in [0.717, 1.165) is 6.54 Å². The van der Waals surface area contributed by atoms with Crippen LogP contribution in [-0.4, -0.2) is 17.0 Å². The Morgan fingerprint density at radius 3 is 2.56 bits per heavy atom. The summed E-state index contributed by atoms with van der Waals surface area (Å²) in [6, 6.07) is 8.85. The van der Waals surface area contributed by atoms with Crippen molar-refractivity contribution >= 4 is 11.8 Å². The number of fused-ring (bicyclic) bond motifs is 2. The van der Waals surface area contributed by atoms with Gasteiger partial charge in [0.25, 0.3) is 0 Å². The summed E-state index contributed by atoms with van der Waals surface area (Å²) in [4.78, 5) is 2.64. The van der Waals surface area contributed by atoms with E-state index in [1.54, 1.807) is 0 Å². The van der Waals surface area contributed by atoms with Gasteiger partial charge in [0.15, 0.2) is 0 Å². The third-order valence-corrected chi connectivity index (χ3v) is 6.39. The third-order valence-electron chi connectivity index (χ3n) is 6.39. The molecule has 0 saturated heterocycles. The molecule has 1 unspecified atom stereocenters. The van der Waals surface area contributed by atoms with Gasteiger partial charge in [-0.15, -0.1) is 0 Å². The van der Waals surface area contributed by atoms with Crippen molar-refractivity contribution in [3.8, 4) is 0 Å². The minimum absolute atomic E-state index is 0.103. The molecule has 1 heteroatoms. The molecule has 0 spiro atoms. The summed E-state index contributed by atoms with van der Waals surface area (Å²) in [5.41, 5.74) is 5.98. The number of rotatable bonds is 4. The van der Waals surface area contributed by atoms with Gasteiger partial charge >= 0.3 is 0 Å². The fraction of sp³-hybridized carbons (Fsp3) is 0.462. The molecule has 1 nitrogen and oxygen atoms in total. The molecule has 27 heavy (non-hydrogen) atoms. The Morgan fingerprint density at radius 2 is 1.93 bits per heavy atom.